The van der Waals surface area contributed by atoms with E-state index in [0.717, 1.165) is 36.9 Å². The highest BCUT2D eigenvalue weighted by Crippen LogP contribution is 2.25. The van der Waals surface area contributed by atoms with Crippen LogP contribution in [0.5, 0.6) is 0 Å². The Balaban J connectivity index is 0.00000264. The number of nitrogens with two attached hydrogens (primary N) is 1. The highest BCUT2D eigenvalue weighted by molar-refractivity contribution is 9.10. The monoisotopic (exact) mass is 439 g/mol. The van der Waals surface area contributed by atoms with E-state index in [2.05, 4.69) is 57.3 Å². The minimum absolute atomic E-state index is 0. The predicted molar refractivity (Wildman–Crippen MR) is 109 cm³/mol. The van der Waals surface area contributed by atoms with Gasteiger partial charge in [0.2, 0.25) is 5.91 Å². The third-order valence-electron chi connectivity index (χ3n) is 4.60. The van der Waals surface area contributed by atoms with Crippen molar-refractivity contribution >= 4 is 52.3 Å². The van der Waals surface area contributed by atoms with Crippen LogP contribution >= 0.6 is 40.7 Å². The number of nitrogens with one attached hydrogen (secondary N) is 1. The molecular formula is C17H28BrCl2N3O. The molecule has 1 aliphatic rings. The van der Waals surface area contributed by atoms with Crippen LogP contribution in [0, 0.1) is 11.8 Å². The molecule has 3 unspecified atom stereocenters. The zero-order chi connectivity index (χ0) is 16.1. The van der Waals surface area contributed by atoms with Gasteiger partial charge < -0.3 is 16.0 Å². The smallest absolute Gasteiger partial charge is 0.237 e. The molecule has 1 aromatic rings. The standard InChI is InChI=1S/C17H26BrN3O.2ClH/c1-3-12(2)16(19)17(22)20-10-13-8-9-21(11-13)15-6-4-14(18)5-7-15;;/h4-7,12-13,16H,3,8-11,19H2,1-2H3,(H,20,22);2*1H. The van der Waals surface area contributed by atoms with E-state index < -0.39 is 6.04 Å². The SMILES string of the molecule is CCC(C)C(N)C(=O)NCC1CCN(c2ccc(Br)cc2)C1.Cl.Cl. The van der Waals surface area contributed by atoms with Crippen molar-refractivity contribution in [3.8, 4) is 0 Å². The summed E-state index contributed by atoms with van der Waals surface area (Å²) in [6, 6.07) is 7.99. The minimum atomic E-state index is -0.394. The molecule has 4 nitrogen and oxygen atoms in total. The Morgan fingerprint density at radius 2 is 2.00 bits per heavy atom. The molecule has 24 heavy (non-hydrogen) atoms. The van der Waals surface area contributed by atoms with E-state index in [1.54, 1.807) is 0 Å². The summed E-state index contributed by atoms with van der Waals surface area (Å²) in [5.41, 5.74) is 7.21. The Bertz CT molecular complexity index is 501. The van der Waals surface area contributed by atoms with Gasteiger partial charge in [0, 0.05) is 29.8 Å². The van der Waals surface area contributed by atoms with Crippen molar-refractivity contribution in [3.05, 3.63) is 28.7 Å². The molecule has 1 aromatic carbocycles. The highest BCUT2D eigenvalue weighted by atomic mass is 79.9. The zero-order valence-electron chi connectivity index (χ0n) is 14.2. The summed E-state index contributed by atoms with van der Waals surface area (Å²) >= 11 is 3.46. The Hall–Kier alpha value is -0.490. The Kier molecular flexibility index (Phi) is 11.0. The lowest BCUT2D eigenvalue weighted by Gasteiger charge is -2.20. The second-order valence-corrected chi connectivity index (χ2v) is 7.15. The second-order valence-electron chi connectivity index (χ2n) is 6.23. The second kappa shape index (κ2) is 11.2. The third-order valence-corrected chi connectivity index (χ3v) is 5.13. The number of halogens is 3. The van der Waals surface area contributed by atoms with Crippen LogP contribution in [-0.2, 0) is 4.79 Å². The van der Waals surface area contributed by atoms with Gasteiger partial charge in [-0.2, -0.15) is 0 Å². The minimum Gasteiger partial charge on any atom is -0.371 e. The van der Waals surface area contributed by atoms with Gasteiger partial charge >= 0.3 is 0 Å². The lowest BCUT2D eigenvalue weighted by molar-refractivity contribution is -0.123. The van der Waals surface area contributed by atoms with Gasteiger partial charge in [-0.1, -0.05) is 36.2 Å². The van der Waals surface area contributed by atoms with Gasteiger partial charge in [0.1, 0.15) is 0 Å². The third kappa shape index (κ3) is 6.43. The summed E-state index contributed by atoms with van der Waals surface area (Å²) in [5, 5.41) is 3.02. The molecule has 138 valence electrons. The maximum atomic E-state index is 12.0. The summed E-state index contributed by atoms with van der Waals surface area (Å²) < 4.78 is 1.10. The molecule has 1 heterocycles. The summed E-state index contributed by atoms with van der Waals surface area (Å²) in [6.45, 7) is 6.83. The van der Waals surface area contributed by atoms with Crippen molar-refractivity contribution in [2.75, 3.05) is 24.5 Å². The Morgan fingerprint density at radius 1 is 1.38 bits per heavy atom. The van der Waals surface area contributed by atoms with E-state index in [9.17, 15) is 4.79 Å². The molecule has 1 saturated heterocycles. The van der Waals surface area contributed by atoms with Crippen molar-refractivity contribution in [3.63, 3.8) is 0 Å². The molecule has 0 aliphatic carbocycles. The molecule has 0 spiro atoms. The van der Waals surface area contributed by atoms with Crippen LogP contribution in [0.2, 0.25) is 0 Å². The summed E-state index contributed by atoms with van der Waals surface area (Å²) in [7, 11) is 0. The van der Waals surface area contributed by atoms with Crippen LogP contribution in [-0.4, -0.2) is 31.6 Å². The van der Waals surface area contributed by atoms with Gasteiger partial charge in [0.15, 0.2) is 0 Å². The maximum Gasteiger partial charge on any atom is 0.237 e. The Labute approximate surface area is 165 Å². The largest absolute Gasteiger partial charge is 0.371 e. The molecule has 1 aliphatic heterocycles. The van der Waals surface area contributed by atoms with E-state index in [1.165, 1.54) is 5.69 Å². The fourth-order valence-electron chi connectivity index (χ4n) is 2.76. The first-order valence-corrected chi connectivity index (χ1v) is 8.84. The lowest BCUT2D eigenvalue weighted by Crippen LogP contribution is -2.46. The summed E-state index contributed by atoms with van der Waals surface area (Å²) in [4.78, 5) is 14.4. The van der Waals surface area contributed by atoms with Crippen molar-refractivity contribution in [2.24, 2.45) is 17.6 Å². The Morgan fingerprint density at radius 3 is 2.58 bits per heavy atom. The number of nitrogens with zero attached hydrogens (tertiary/aromatic N) is 1. The fourth-order valence-corrected chi connectivity index (χ4v) is 3.03. The van der Waals surface area contributed by atoms with Gasteiger partial charge in [-0.05, 0) is 42.5 Å². The molecule has 0 aromatic heterocycles. The number of hydrogen-bond donors (Lipinski definition) is 2. The van der Waals surface area contributed by atoms with E-state index in [4.69, 9.17) is 5.73 Å². The molecule has 3 N–H and O–H groups in total. The number of hydrogen-bond acceptors (Lipinski definition) is 3. The molecule has 1 amide bonds. The van der Waals surface area contributed by atoms with Gasteiger partial charge in [-0.25, -0.2) is 0 Å². The average Bonchev–Trinajstić information content (AvgIpc) is 3.00. The van der Waals surface area contributed by atoms with Crippen molar-refractivity contribution in [1.82, 2.24) is 5.32 Å². The summed E-state index contributed by atoms with van der Waals surface area (Å²) in [5.74, 6) is 0.705. The van der Waals surface area contributed by atoms with Crippen LogP contribution in [0.4, 0.5) is 5.69 Å². The number of rotatable bonds is 6. The number of anilines is 1. The van der Waals surface area contributed by atoms with Crippen molar-refractivity contribution in [1.29, 1.82) is 0 Å². The molecule has 0 saturated carbocycles. The van der Waals surface area contributed by atoms with Gasteiger partial charge in [-0.15, -0.1) is 24.8 Å². The fraction of sp³-hybridized carbons (Fsp3) is 0.588. The van der Waals surface area contributed by atoms with Crippen LogP contribution in [0.3, 0.4) is 0 Å². The van der Waals surface area contributed by atoms with Crippen molar-refractivity contribution in [2.45, 2.75) is 32.7 Å². The number of carbonyl (C=O) groups is 1. The van der Waals surface area contributed by atoms with Crippen LogP contribution in [0.25, 0.3) is 0 Å². The summed E-state index contributed by atoms with van der Waals surface area (Å²) in [6.07, 6.45) is 2.03. The lowest BCUT2D eigenvalue weighted by atomic mass is 9.99. The molecular weight excluding hydrogens is 413 g/mol. The highest BCUT2D eigenvalue weighted by Gasteiger charge is 2.25. The first kappa shape index (κ1) is 23.5. The predicted octanol–water partition coefficient (Wildman–Crippen LogP) is 3.61. The van der Waals surface area contributed by atoms with Crippen molar-refractivity contribution < 1.29 is 4.79 Å². The topological polar surface area (TPSA) is 58.4 Å². The molecule has 0 radical (unpaired) electrons. The van der Waals surface area contributed by atoms with E-state index in [0.29, 0.717) is 5.92 Å². The quantitative estimate of drug-likeness (QED) is 0.710. The van der Waals surface area contributed by atoms with E-state index in [1.807, 2.05) is 6.92 Å². The molecule has 7 heteroatoms. The van der Waals surface area contributed by atoms with Gasteiger partial charge in [0.25, 0.3) is 0 Å². The normalized spacial score (nSPS) is 19.0. The molecule has 2 rings (SSSR count). The first-order valence-electron chi connectivity index (χ1n) is 8.05. The molecule has 1 fully saturated rings. The average molecular weight is 441 g/mol. The zero-order valence-corrected chi connectivity index (χ0v) is 17.4. The molecule has 0 bridgehead atoms. The van der Waals surface area contributed by atoms with E-state index in [-0.39, 0.29) is 36.6 Å². The van der Waals surface area contributed by atoms with Gasteiger partial charge in [0.05, 0.1) is 6.04 Å². The molecule has 3 atom stereocenters. The van der Waals surface area contributed by atoms with Crippen LogP contribution in [0.15, 0.2) is 28.7 Å². The maximum absolute atomic E-state index is 12.0. The van der Waals surface area contributed by atoms with E-state index >= 15 is 0 Å². The number of carbonyl (C=O) groups excluding carboxylic acids is 1. The van der Waals surface area contributed by atoms with Gasteiger partial charge in [-0.3, -0.25) is 4.79 Å². The van der Waals surface area contributed by atoms with Crippen LogP contribution in [0.1, 0.15) is 26.7 Å². The number of amides is 1. The van der Waals surface area contributed by atoms with Crippen LogP contribution < -0.4 is 16.0 Å². The number of benzene rings is 1. The first-order chi connectivity index (χ1) is 10.5.